The van der Waals surface area contributed by atoms with Gasteiger partial charge in [0.1, 0.15) is 12.1 Å². The van der Waals surface area contributed by atoms with E-state index < -0.39 is 68.5 Å². The summed E-state index contributed by atoms with van der Waals surface area (Å²) in [7, 11) is -3.30. The van der Waals surface area contributed by atoms with E-state index in [4.69, 9.17) is 16.4 Å². The maximum absolute atomic E-state index is 14.6. The van der Waals surface area contributed by atoms with Crippen LogP contribution in [0, 0.1) is 11.3 Å². The fraction of sp³-hybridized carbons (Fsp3) is 0.676. The summed E-state index contributed by atoms with van der Waals surface area (Å²) in [6.45, 7) is 7.36. The Bertz CT molecular complexity index is 1690. The van der Waals surface area contributed by atoms with Crippen LogP contribution in [-0.2, 0) is 38.6 Å². The maximum atomic E-state index is 14.6. The van der Waals surface area contributed by atoms with Crippen LogP contribution >= 0.6 is 11.6 Å². The molecular formula is C37H52ClN5O8S. The summed E-state index contributed by atoms with van der Waals surface area (Å²) >= 11 is 6.25. The zero-order chi connectivity index (χ0) is 37.8. The smallest absolute Gasteiger partial charge is 0.289 e. The number of rotatable bonds is 12. The lowest BCUT2D eigenvalue weighted by molar-refractivity contribution is -0.145. The Hall–Kier alpha value is -3.52. The molecule has 1 saturated carbocycles. The van der Waals surface area contributed by atoms with Crippen molar-refractivity contribution in [2.75, 3.05) is 18.1 Å². The van der Waals surface area contributed by atoms with Crippen LogP contribution in [0.1, 0.15) is 104 Å². The monoisotopic (exact) mass is 761 g/mol. The van der Waals surface area contributed by atoms with Crippen molar-refractivity contribution in [1.82, 2.24) is 20.9 Å². The zero-order valence-electron chi connectivity index (χ0n) is 30.5. The number of sulfone groups is 1. The number of carbonyl (C=O) groups excluding carboxylic acids is 5. The Morgan fingerprint density at radius 1 is 1.08 bits per heavy atom. The van der Waals surface area contributed by atoms with Gasteiger partial charge in [-0.05, 0) is 49.1 Å². The SMILES string of the molecule is CCC[C@H](NC(=O)[C@@H]1C[C@]2(CC(c3cccc(Cl)c3)=NO2)CN1C(=O)[C@@H](NC(=O)CC1CCCCC1)C(C)(C)C)C(=O)C(=O)NC1CCS(=O)(=O)C1. The Morgan fingerprint density at radius 3 is 2.44 bits per heavy atom. The number of halogens is 1. The lowest BCUT2D eigenvalue weighted by Crippen LogP contribution is -2.59. The Morgan fingerprint density at radius 2 is 1.81 bits per heavy atom. The molecule has 4 amide bonds. The predicted octanol–water partition coefficient (Wildman–Crippen LogP) is 3.46. The summed E-state index contributed by atoms with van der Waals surface area (Å²) in [5, 5.41) is 13.1. The number of ketones is 1. The molecular weight excluding hydrogens is 710 g/mol. The normalized spacial score (nSPS) is 25.6. The molecule has 0 radical (unpaired) electrons. The Kier molecular flexibility index (Phi) is 12.4. The molecule has 4 aliphatic rings. The quantitative estimate of drug-likeness (QED) is 0.271. The van der Waals surface area contributed by atoms with Gasteiger partial charge in [-0.15, -0.1) is 0 Å². The van der Waals surface area contributed by atoms with Crippen molar-refractivity contribution >= 4 is 56.6 Å². The highest BCUT2D eigenvalue weighted by Crippen LogP contribution is 2.40. The van der Waals surface area contributed by atoms with Crippen molar-refractivity contribution in [2.24, 2.45) is 16.5 Å². The van der Waals surface area contributed by atoms with Crippen LogP contribution in [0.2, 0.25) is 5.02 Å². The second-order valence-corrected chi connectivity index (χ2v) is 18.7. The summed E-state index contributed by atoms with van der Waals surface area (Å²) in [5.41, 5.74) is -0.442. The lowest BCUT2D eigenvalue weighted by Gasteiger charge is -2.36. The highest BCUT2D eigenvalue weighted by atomic mass is 35.5. The minimum atomic E-state index is -3.30. The van der Waals surface area contributed by atoms with Crippen LogP contribution in [-0.4, -0.2) is 96.3 Å². The van der Waals surface area contributed by atoms with Crippen molar-refractivity contribution in [2.45, 2.75) is 128 Å². The number of nitrogens with zero attached hydrogens (tertiary/aromatic N) is 2. The number of likely N-dealkylation sites (tertiary alicyclic amines) is 1. The molecule has 13 nitrogen and oxygen atoms in total. The standard InChI is InChI=1S/C37H52ClN5O8S/c1-5-10-27(31(45)34(47)39-26-15-16-52(49,50)21-26)40-33(46)29-20-37(19-28(42-51-37)24-13-9-14-25(38)18-24)22-43(29)35(48)32(36(2,3)4)41-30(44)17-23-11-7-6-8-12-23/h9,13-14,18,23,26-27,29,32H,5-8,10-12,15-17,19-22H2,1-4H3,(H,39,47)(H,40,46)(H,41,44)/t26?,27-,29-,32+,37+/m0/s1. The second kappa shape index (κ2) is 16.2. The highest BCUT2D eigenvalue weighted by molar-refractivity contribution is 7.91. The van der Waals surface area contributed by atoms with Gasteiger partial charge in [-0.2, -0.15) is 0 Å². The van der Waals surface area contributed by atoms with Gasteiger partial charge in [0.15, 0.2) is 15.4 Å². The van der Waals surface area contributed by atoms with Gasteiger partial charge in [0.05, 0.1) is 29.8 Å². The number of amides is 4. The largest absolute Gasteiger partial charge is 0.387 e. The maximum Gasteiger partial charge on any atom is 0.289 e. The Balaban J connectivity index is 1.37. The minimum Gasteiger partial charge on any atom is -0.387 e. The van der Waals surface area contributed by atoms with E-state index in [0.717, 1.165) is 37.7 Å². The van der Waals surface area contributed by atoms with E-state index >= 15 is 0 Å². The van der Waals surface area contributed by atoms with E-state index in [2.05, 4.69) is 21.1 Å². The first-order valence-electron chi connectivity index (χ1n) is 18.5. The van der Waals surface area contributed by atoms with Gasteiger partial charge < -0.3 is 25.7 Å². The molecule has 0 aromatic heterocycles. The first-order chi connectivity index (χ1) is 24.5. The molecule has 0 bridgehead atoms. The van der Waals surface area contributed by atoms with Gasteiger partial charge in [-0.1, -0.05) is 82.3 Å². The van der Waals surface area contributed by atoms with E-state index in [-0.39, 0.29) is 55.6 Å². The summed E-state index contributed by atoms with van der Waals surface area (Å²) in [6, 6.07) is 3.17. The molecule has 286 valence electrons. The van der Waals surface area contributed by atoms with Crippen molar-refractivity contribution < 1.29 is 37.2 Å². The number of benzene rings is 1. The minimum absolute atomic E-state index is 0.00834. The van der Waals surface area contributed by atoms with Gasteiger partial charge in [0, 0.05) is 35.9 Å². The van der Waals surface area contributed by atoms with Gasteiger partial charge in [0.25, 0.3) is 5.91 Å². The van der Waals surface area contributed by atoms with Gasteiger partial charge in [-0.3, -0.25) is 24.0 Å². The fourth-order valence-corrected chi connectivity index (χ4v) is 9.65. The third kappa shape index (κ3) is 9.71. The topological polar surface area (TPSA) is 180 Å². The average molecular weight is 762 g/mol. The number of carbonyl (C=O) groups is 5. The number of hydrogen-bond donors (Lipinski definition) is 3. The van der Waals surface area contributed by atoms with Crippen molar-refractivity contribution in [3.63, 3.8) is 0 Å². The number of nitrogens with one attached hydrogen (secondary N) is 3. The third-order valence-electron chi connectivity index (χ3n) is 10.6. The number of hydrogen-bond acceptors (Lipinski definition) is 9. The highest BCUT2D eigenvalue weighted by Gasteiger charge is 2.55. The molecule has 1 unspecified atom stereocenters. The Labute approximate surface area is 311 Å². The van der Waals surface area contributed by atoms with Crippen LogP contribution < -0.4 is 16.0 Å². The van der Waals surface area contributed by atoms with Gasteiger partial charge in [-0.25, -0.2) is 8.42 Å². The van der Waals surface area contributed by atoms with Crippen molar-refractivity contribution in [3.05, 3.63) is 34.9 Å². The van der Waals surface area contributed by atoms with Crippen LogP contribution in [0.15, 0.2) is 29.4 Å². The molecule has 1 aliphatic carbocycles. The van der Waals surface area contributed by atoms with Gasteiger partial charge in [0.2, 0.25) is 23.5 Å². The molecule has 15 heteroatoms. The molecule has 1 aromatic carbocycles. The first-order valence-corrected chi connectivity index (χ1v) is 20.7. The van der Waals surface area contributed by atoms with E-state index in [1.807, 2.05) is 26.8 Å². The summed E-state index contributed by atoms with van der Waals surface area (Å²) in [4.78, 5) is 76.1. The fourth-order valence-electron chi connectivity index (χ4n) is 7.79. The number of oxime groups is 1. The molecule has 3 N–H and O–H groups in total. The molecule has 3 heterocycles. The molecule has 3 fully saturated rings. The van der Waals surface area contributed by atoms with Gasteiger partial charge >= 0.3 is 0 Å². The van der Waals surface area contributed by atoms with E-state index in [9.17, 15) is 32.4 Å². The van der Waals surface area contributed by atoms with E-state index in [1.54, 1.807) is 25.1 Å². The molecule has 1 spiro atoms. The molecule has 5 atom stereocenters. The summed E-state index contributed by atoms with van der Waals surface area (Å²) in [5.74, 6) is -3.24. The van der Waals surface area contributed by atoms with E-state index in [0.29, 0.717) is 23.6 Å². The predicted molar refractivity (Wildman–Crippen MR) is 196 cm³/mol. The zero-order valence-corrected chi connectivity index (χ0v) is 32.1. The van der Waals surface area contributed by atoms with E-state index in [1.165, 1.54) is 4.90 Å². The van der Waals surface area contributed by atoms with Crippen LogP contribution in [0.25, 0.3) is 0 Å². The molecule has 2 saturated heterocycles. The first kappa shape index (κ1) is 39.7. The lowest BCUT2D eigenvalue weighted by atomic mass is 9.84. The molecule has 52 heavy (non-hydrogen) atoms. The average Bonchev–Trinajstić information content (AvgIpc) is 3.78. The van der Waals surface area contributed by atoms with Crippen LogP contribution in [0.4, 0.5) is 0 Å². The van der Waals surface area contributed by atoms with Crippen LogP contribution in [0.3, 0.4) is 0 Å². The summed E-state index contributed by atoms with van der Waals surface area (Å²) in [6.07, 6.45) is 6.72. The number of Topliss-reactive ketones (excluding diaryl/α,β-unsaturated/α-hetero) is 1. The third-order valence-corrected chi connectivity index (χ3v) is 12.6. The molecule has 5 rings (SSSR count). The molecule has 3 aliphatic heterocycles. The molecule has 1 aromatic rings. The summed E-state index contributed by atoms with van der Waals surface area (Å²) < 4.78 is 23.8. The van der Waals surface area contributed by atoms with Crippen LogP contribution in [0.5, 0.6) is 0 Å². The van der Waals surface area contributed by atoms with Crippen molar-refractivity contribution in [1.29, 1.82) is 0 Å². The second-order valence-electron chi connectivity index (χ2n) is 16.0. The van der Waals surface area contributed by atoms with Crippen molar-refractivity contribution in [3.8, 4) is 0 Å².